The largest absolute Gasteiger partial charge is 0.396 e. The van der Waals surface area contributed by atoms with Crippen LogP contribution in [0.4, 0.5) is 5.69 Å². The van der Waals surface area contributed by atoms with Crippen LogP contribution in [0.1, 0.15) is 32.6 Å². The molecule has 5 nitrogen and oxygen atoms in total. The minimum Gasteiger partial charge on any atom is -0.396 e. The molecule has 0 saturated carbocycles. The highest BCUT2D eigenvalue weighted by atomic mass is 16.3. The van der Waals surface area contributed by atoms with E-state index in [4.69, 9.17) is 5.26 Å². The van der Waals surface area contributed by atoms with Crippen LogP contribution in [0, 0.1) is 16.7 Å². The Hall–Kier alpha value is -1.90. The third-order valence-corrected chi connectivity index (χ3v) is 5.18. The standard InChI is InChI=1S/C19H27N3O2/c1-2-19(16-23)9-13-21(14-10-19)15-18(24)22(12-6-11-20)17-7-4-3-5-8-17/h3-5,7-8,23H,2,6,9-10,12-16H2,1H3. The second-order valence-electron chi connectivity index (χ2n) is 6.58. The zero-order valence-corrected chi connectivity index (χ0v) is 14.4. The summed E-state index contributed by atoms with van der Waals surface area (Å²) in [6, 6.07) is 11.6. The Balaban J connectivity index is 1.97. The van der Waals surface area contributed by atoms with E-state index in [0.717, 1.165) is 38.0 Å². The number of aliphatic hydroxyl groups excluding tert-OH is 1. The molecule has 1 amide bonds. The van der Waals surface area contributed by atoms with Crippen molar-refractivity contribution in [1.29, 1.82) is 5.26 Å². The van der Waals surface area contributed by atoms with Crippen molar-refractivity contribution in [2.24, 2.45) is 5.41 Å². The molecular weight excluding hydrogens is 302 g/mol. The molecule has 1 aromatic carbocycles. The quantitative estimate of drug-likeness (QED) is 0.834. The second kappa shape index (κ2) is 8.81. The van der Waals surface area contributed by atoms with Crippen molar-refractivity contribution in [3.63, 3.8) is 0 Å². The molecule has 1 N–H and O–H groups in total. The molecule has 5 heteroatoms. The zero-order valence-electron chi connectivity index (χ0n) is 14.4. The third-order valence-electron chi connectivity index (χ3n) is 5.18. The molecule has 130 valence electrons. The van der Waals surface area contributed by atoms with Crippen molar-refractivity contribution in [2.45, 2.75) is 32.6 Å². The molecule has 0 unspecified atom stereocenters. The van der Waals surface area contributed by atoms with E-state index >= 15 is 0 Å². The number of anilines is 1. The lowest BCUT2D eigenvalue weighted by molar-refractivity contribution is -0.120. The van der Waals surface area contributed by atoms with Gasteiger partial charge < -0.3 is 10.0 Å². The molecule has 2 rings (SSSR count). The van der Waals surface area contributed by atoms with E-state index in [1.54, 1.807) is 4.90 Å². The van der Waals surface area contributed by atoms with E-state index in [0.29, 0.717) is 19.5 Å². The lowest BCUT2D eigenvalue weighted by Crippen LogP contribution is -2.47. The molecule has 0 spiro atoms. The monoisotopic (exact) mass is 329 g/mol. The number of likely N-dealkylation sites (tertiary alicyclic amines) is 1. The first-order chi connectivity index (χ1) is 11.6. The summed E-state index contributed by atoms with van der Waals surface area (Å²) in [6.45, 7) is 4.80. The van der Waals surface area contributed by atoms with Crippen LogP contribution in [0.15, 0.2) is 30.3 Å². The van der Waals surface area contributed by atoms with Crippen molar-refractivity contribution in [3.05, 3.63) is 30.3 Å². The van der Waals surface area contributed by atoms with Crippen LogP contribution in [-0.2, 0) is 4.79 Å². The van der Waals surface area contributed by atoms with Crippen molar-refractivity contribution >= 4 is 11.6 Å². The second-order valence-corrected chi connectivity index (χ2v) is 6.58. The number of benzene rings is 1. The maximum atomic E-state index is 12.7. The van der Waals surface area contributed by atoms with Gasteiger partial charge in [-0.05, 0) is 49.9 Å². The highest BCUT2D eigenvalue weighted by Gasteiger charge is 2.33. The van der Waals surface area contributed by atoms with E-state index < -0.39 is 0 Å². The van der Waals surface area contributed by atoms with Gasteiger partial charge in [-0.2, -0.15) is 5.26 Å². The highest BCUT2D eigenvalue weighted by Crippen LogP contribution is 2.34. The number of aliphatic hydroxyl groups is 1. The van der Waals surface area contributed by atoms with Gasteiger partial charge in [0.1, 0.15) is 0 Å². The Morgan fingerprint density at radius 1 is 1.33 bits per heavy atom. The van der Waals surface area contributed by atoms with Gasteiger partial charge in [0.2, 0.25) is 5.91 Å². The van der Waals surface area contributed by atoms with Crippen molar-refractivity contribution in [3.8, 4) is 6.07 Å². The van der Waals surface area contributed by atoms with Crippen LogP contribution < -0.4 is 4.90 Å². The Morgan fingerprint density at radius 3 is 2.54 bits per heavy atom. The fourth-order valence-electron chi connectivity index (χ4n) is 3.25. The van der Waals surface area contributed by atoms with E-state index in [1.165, 1.54) is 0 Å². The number of hydrogen-bond donors (Lipinski definition) is 1. The molecule has 0 radical (unpaired) electrons. The molecule has 0 atom stereocenters. The van der Waals surface area contributed by atoms with Crippen molar-refractivity contribution in [1.82, 2.24) is 4.90 Å². The molecule has 1 aliphatic rings. The number of para-hydroxylation sites is 1. The van der Waals surface area contributed by atoms with E-state index in [9.17, 15) is 9.90 Å². The normalized spacial score (nSPS) is 17.2. The Morgan fingerprint density at radius 2 is 2.00 bits per heavy atom. The third kappa shape index (κ3) is 4.56. The first-order valence-corrected chi connectivity index (χ1v) is 8.70. The van der Waals surface area contributed by atoms with Crippen LogP contribution in [0.3, 0.4) is 0 Å². The van der Waals surface area contributed by atoms with Crippen molar-refractivity contribution < 1.29 is 9.90 Å². The molecule has 0 aromatic heterocycles. The van der Waals surface area contributed by atoms with Gasteiger partial charge in [0, 0.05) is 18.8 Å². The zero-order chi connectivity index (χ0) is 17.4. The lowest BCUT2D eigenvalue weighted by Gasteiger charge is -2.40. The Labute approximate surface area is 144 Å². The Bertz CT molecular complexity index is 554. The van der Waals surface area contributed by atoms with Crippen LogP contribution in [-0.4, -0.2) is 48.7 Å². The summed E-state index contributed by atoms with van der Waals surface area (Å²) < 4.78 is 0. The first kappa shape index (κ1) is 18.4. The van der Waals surface area contributed by atoms with E-state index in [2.05, 4.69) is 17.9 Å². The summed E-state index contributed by atoms with van der Waals surface area (Å²) in [4.78, 5) is 16.6. The fourth-order valence-corrected chi connectivity index (χ4v) is 3.25. The molecule has 24 heavy (non-hydrogen) atoms. The summed E-state index contributed by atoms with van der Waals surface area (Å²) >= 11 is 0. The van der Waals surface area contributed by atoms with Gasteiger partial charge in [-0.3, -0.25) is 9.69 Å². The highest BCUT2D eigenvalue weighted by molar-refractivity contribution is 5.94. The number of nitriles is 1. The molecule has 1 aliphatic heterocycles. The summed E-state index contributed by atoms with van der Waals surface area (Å²) in [6.07, 6.45) is 3.15. The molecule has 1 heterocycles. The van der Waals surface area contributed by atoms with E-state index in [1.807, 2.05) is 30.3 Å². The fraction of sp³-hybridized carbons (Fsp3) is 0.579. The summed E-state index contributed by atoms with van der Waals surface area (Å²) in [5, 5.41) is 18.5. The molecule has 0 aliphatic carbocycles. The van der Waals surface area contributed by atoms with Crippen LogP contribution >= 0.6 is 0 Å². The lowest BCUT2D eigenvalue weighted by atomic mass is 9.77. The minimum absolute atomic E-state index is 0.0273. The van der Waals surface area contributed by atoms with Crippen LogP contribution in [0.2, 0.25) is 0 Å². The maximum Gasteiger partial charge on any atom is 0.241 e. The van der Waals surface area contributed by atoms with Gasteiger partial charge in [0.25, 0.3) is 0 Å². The average Bonchev–Trinajstić information content (AvgIpc) is 2.64. The number of carbonyl (C=O) groups excluding carboxylic acids is 1. The van der Waals surface area contributed by atoms with E-state index in [-0.39, 0.29) is 17.9 Å². The van der Waals surface area contributed by atoms with Gasteiger partial charge in [-0.15, -0.1) is 0 Å². The number of amides is 1. The summed E-state index contributed by atoms with van der Waals surface area (Å²) in [5.74, 6) is 0.0319. The van der Waals surface area contributed by atoms with Gasteiger partial charge in [-0.25, -0.2) is 0 Å². The predicted octanol–water partition coefficient (Wildman–Crippen LogP) is 2.42. The van der Waals surface area contributed by atoms with Gasteiger partial charge in [0.15, 0.2) is 0 Å². The smallest absolute Gasteiger partial charge is 0.241 e. The van der Waals surface area contributed by atoms with Crippen LogP contribution in [0.25, 0.3) is 0 Å². The van der Waals surface area contributed by atoms with Gasteiger partial charge in [0.05, 0.1) is 19.0 Å². The Kier molecular flexibility index (Phi) is 6.77. The minimum atomic E-state index is 0.0273. The molecular formula is C19H27N3O2. The number of piperidine rings is 1. The molecule has 1 saturated heterocycles. The maximum absolute atomic E-state index is 12.7. The SMILES string of the molecule is CCC1(CO)CCN(CC(=O)N(CCC#N)c2ccccc2)CC1. The number of carbonyl (C=O) groups is 1. The number of hydrogen-bond acceptors (Lipinski definition) is 4. The molecule has 1 aromatic rings. The van der Waals surface area contributed by atoms with Crippen molar-refractivity contribution in [2.75, 3.05) is 37.7 Å². The first-order valence-electron chi connectivity index (χ1n) is 8.70. The topological polar surface area (TPSA) is 67.6 Å². The molecule has 1 fully saturated rings. The summed E-state index contributed by atoms with van der Waals surface area (Å²) in [7, 11) is 0. The summed E-state index contributed by atoms with van der Waals surface area (Å²) in [5.41, 5.74) is 0.868. The van der Waals surface area contributed by atoms with Gasteiger partial charge in [-0.1, -0.05) is 25.1 Å². The van der Waals surface area contributed by atoms with Gasteiger partial charge >= 0.3 is 0 Å². The average molecular weight is 329 g/mol. The number of nitrogens with zero attached hydrogens (tertiary/aromatic N) is 3. The van der Waals surface area contributed by atoms with Crippen LogP contribution in [0.5, 0.6) is 0 Å². The predicted molar refractivity (Wildman–Crippen MR) is 94.5 cm³/mol. The number of rotatable bonds is 7. The molecule has 0 bridgehead atoms.